The van der Waals surface area contributed by atoms with Gasteiger partial charge in [0.25, 0.3) is 0 Å². The highest BCUT2D eigenvalue weighted by molar-refractivity contribution is 8.77. The standard InChI is InChI=1S/C27H32N2O4S2/c1-3-16-4-6-20(30)12-21(31)7-5-17-11-25(33-2)24(32)13-23(17)22-8-9-26(16)35-34-15-19-10-18(22)14-29-27(19)28/h5,7-11,13-14,16,22,26-27,29,32H,3-4,6,12,15,28H2,1-2H3. The first-order chi connectivity index (χ1) is 16.9. The van der Waals surface area contributed by atoms with Crippen molar-refractivity contribution >= 4 is 39.2 Å². The van der Waals surface area contributed by atoms with Crippen molar-refractivity contribution < 1.29 is 19.4 Å². The molecule has 0 aromatic heterocycles. The first-order valence-electron chi connectivity index (χ1n) is 11.9. The summed E-state index contributed by atoms with van der Waals surface area (Å²) in [5.74, 6) is 1.03. The summed E-state index contributed by atoms with van der Waals surface area (Å²) >= 11 is 0. The van der Waals surface area contributed by atoms with Crippen LogP contribution in [0.1, 0.15) is 49.7 Å². The number of aromatic hydroxyl groups is 1. The van der Waals surface area contributed by atoms with Crippen LogP contribution in [0.2, 0.25) is 0 Å². The van der Waals surface area contributed by atoms with Crippen LogP contribution in [0.4, 0.5) is 0 Å². The van der Waals surface area contributed by atoms with E-state index in [9.17, 15) is 14.7 Å². The van der Waals surface area contributed by atoms with Crippen LogP contribution in [0.5, 0.6) is 11.5 Å². The Morgan fingerprint density at radius 1 is 1.23 bits per heavy atom. The molecule has 186 valence electrons. The fourth-order valence-electron chi connectivity index (χ4n) is 4.66. The number of Topliss-reactive ketones (excluding diaryl/α,β-unsaturated/α-hetero) is 1. The van der Waals surface area contributed by atoms with Crippen LogP contribution in [-0.2, 0) is 9.59 Å². The van der Waals surface area contributed by atoms with Crippen LogP contribution in [0, 0.1) is 5.92 Å². The fourth-order valence-corrected chi connectivity index (χ4v) is 7.67. The number of carbonyl (C=O) groups is 2. The van der Waals surface area contributed by atoms with Gasteiger partial charge < -0.3 is 20.9 Å². The highest BCUT2D eigenvalue weighted by Gasteiger charge is 2.27. The first kappa shape index (κ1) is 25.7. The van der Waals surface area contributed by atoms with Gasteiger partial charge in [-0.15, -0.1) is 0 Å². The number of dihydropyridines is 1. The summed E-state index contributed by atoms with van der Waals surface area (Å²) in [6, 6.07) is 3.44. The van der Waals surface area contributed by atoms with E-state index in [0.29, 0.717) is 18.1 Å². The second-order valence-corrected chi connectivity index (χ2v) is 11.6. The second-order valence-electron chi connectivity index (χ2n) is 9.07. The van der Waals surface area contributed by atoms with Gasteiger partial charge in [-0.05, 0) is 52.8 Å². The maximum atomic E-state index is 12.6. The Labute approximate surface area is 214 Å². The van der Waals surface area contributed by atoms with Gasteiger partial charge in [0.15, 0.2) is 17.3 Å². The predicted octanol–water partition coefficient (Wildman–Crippen LogP) is 4.86. The number of methoxy groups -OCH3 is 1. The molecule has 4 bridgehead atoms. The number of allylic oxidation sites excluding steroid dienone is 4. The van der Waals surface area contributed by atoms with Crippen molar-refractivity contribution in [2.75, 3.05) is 12.9 Å². The van der Waals surface area contributed by atoms with Gasteiger partial charge in [-0.3, -0.25) is 9.59 Å². The van der Waals surface area contributed by atoms with Crippen LogP contribution in [0.3, 0.4) is 0 Å². The Balaban J connectivity index is 1.90. The molecule has 1 aliphatic carbocycles. The SMILES string of the molecule is CCC1CCC(=O)CC(=O)C=Cc2cc(OC)c(O)cc2C2C=CC1SSCC1=CC2=CNC1N. The van der Waals surface area contributed by atoms with Crippen molar-refractivity contribution in [3.05, 3.63) is 64.9 Å². The van der Waals surface area contributed by atoms with Crippen LogP contribution < -0.4 is 15.8 Å². The molecule has 4 atom stereocenters. The number of carbonyl (C=O) groups excluding carboxylic acids is 2. The summed E-state index contributed by atoms with van der Waals surface area (Å²) in [4.78, 5) is 25.1. The average molecular weight is 513 g/mol. The smallest absolute Gasteiger partial charge is 0.163 e. The molecule has 4 rings (SSSR count). The molecule has 0 amide bonds. The minimum Gasteiger partial charge on any atom is -0.504 e. The van der Waals surface area contributed by atoms with Crippen molar-refractivity contribution in [1.29, 1.82) is 0 Å². The van der Waals surface area contributed by atoms with Crippen molar-refractivity contribution in [1.82, 2.24) is 5.32 Å². The van der Waals surface area contributed by atoms with Gasteiger partial charge in [0.1, 0.15) is 5.78 Å². The molecule has 4 N–H and O–H groups in total. The van der Waals surface area contributed by atoms with E-state index in [0.717, 1.165) is 40.9 Å². The highest BCUT2D eigenvalue weighted by Crippen LogP contribution is 2.43. The molecule has 0 spiro atoms. The molecule has 1 aromatic rings. The molecule has 3 aliphatic rings. The van der Waals surface area contributed by atoms with Gasteiger partial charge in [-0.25, -0.2) is 0 Å². The Morgan fingerprint density at radius 2 is 2.06 bits per heavy atom. The minimum absolute atomic E-state index is 0.0278. The summed E-state index contributed by atoms with van der Waals surface area (Å²) in [5, 5.41) is 14.1. The minimum atomic E-state index is -0.249. The van der Waals surface area contributed by atoms with E-state index >= 15 is 0 Å². The molecular formula is C27H32N2O4S2. The third-order valence-electron chi connectivity index (χ3n) is 6.76. The van der Waals surface area contributed by atoms with Crippen molar-refractivity contribution in [2.24, 2.45) is 11.7 Å². The summed E-state index contributed by atoms with van der Waals surface area (Å²) < 4.78 is 5.35. The number of nitrogens with one attached hydrogen (secondary N) is 1. The van der Waals surface area contributed by atoms with Gasteiger partial charge in [0.05, 0.1) is 19.7 Å². The van der Waals surface area contributed by atoms with E-state index in [1.807, 2.05) is 17.0 Å². The van der Waals surface area contributed by atoms with Crippen molar-refractivity contribution in [3.8, 4) is 11.5 Å². The third-order valence-corrected chi connectivity index (χ3v) is 9.54. The average Bonchev–Trinajstić information content (AvgIpc) is 2.84. The molecule has 4 unspecified atom stereocenters. The number of hydrogen-bond acceptors (Lipinski definition) is 8. The predicted molar refractivity (Wildman–Crippen MR) is 144 cm³/mol. The summed E-state index contributed by atoms with van der Waals surface area (Å²) in [6.07, 6.45) is 13.4. The van der Waals surface area contributed by atoms with Crippen LogP contribution >= 0.6 is 21.6 Å². The number of rotatable bonds is 2. The number of ketones is 2. The molecule has 1 aromatic carbocycles. The summed E-state index contributed by atoms with van der Waals surface area (Å²) in [5.41, 5.74) is 10.1. The monoisotopic (exact) mass is 512 g/mol. The first-order valence-corrected chi connectivity index (χ1v) is 14.3. The van der Waals surface area contributed by atoms with E-state index in [1.54, 1.807) is 29.0 Å². The molecule has 8 heteroatoms. The molecule has 2 heterocycles. The maximum Gasteiger partial charge on any atom is 0.163 e. The van der Waals surface area contributed by atoms with Crippen molar-refractivity contribution in [2.45, 2.75) is 49.9 Å². The topological polar surface area (TPSA) is 102 Å². The van der Waals surface area contributed by atoms with Crippen molar-refractivity contribution in [3.63, 3.8) is 0 Å². The number of phenolic OH excluding ortho intramolecular Hbond substituents is 1. The molecule has 35 heavy (non-hydrogen) atoms. The van der Waals surface area contributed by atoms with Gasteiger partial charge in [0.2, 0.25) is 0 Å². The zero-order valence-electron chi connectivity index (χ0n) is 20.0. The molecule has 0 radical (unpaired) electrons. The Kier molecular flexibility index (Phi) is 8.46. The molecule has 2 aliphatic heterocycles. The number of fused-ring (bicyclic) bond motifs is 6. The van der Waals surface area contributed by atoms with Gasteiger partial charge in [0, 0.05) is 29.5 Å². The molecule has 0 fully saturated rings. The number of nitrogens with two attached hydrogens (primary N) is 1. The molecule has 6 nitrogen and oxygen atoms in total. The third kappa shape index (κ3) is 6.05. The number of benzene rings is 1. The lowest BCUT2D eigenvalue weighted by Gasteiger charge is -2.29. The summed E-state index contributed by atoms with van der Waals surface area (Å²) in [7, 11) is 5.09. The second kappa shape index (κ2) is 11.5. The number of ether oxygens (including phenoxy) is 1. The zero-order valence-corrected chi connectivity index (χ0v) is 21.7. The van der Waals surface area contributed by atoms with Gasteiger partial charge in [-0.2, -0.15) is 0 Å². The fraction of sp³-hybridized carbons (Fsp3) is 0.407. The van der Waals surface area contributed by atoms with E-state index in [1.165, 1.54) is 13.2 Å². The van der Waals surface area contributed by atoms with Gasteiger partial charge >= 0.3 is 0 Å². The Morgan fingerprint density at radius 3 is 2.83 bits per heavy atom. The lowest BCUT2D eigenvalue weighted by Crippen LogP contribution is -2.39. The zero-order chi connectivity index (χ0) is 24.9. The Bertz CT molecular complexity index is 1110. The summed E-state index contributed by atoms with van der Waals surface area (Å²) in [6.45, 7) is 2.15. The Hall–Kier alpha value is -2.42. The van der Waals surface area contributed by atoms with Crippen LogP contribution in [0.15, 0.2) is 53.8 Å². The molecule has 0 saturated carbocycles. The number of phenols is 1. The van der Waals surface area contributed by atoms with E-state index in [-0.39, 0.29) is 41.1 Å². The van der Waals surface area contributed by atoms with E-state index in [2.05, 4.69) is 30.5 Å². The van der Waals surface area contributed by atoms with Crippen LogP contribution in [-0.4, -0.2) is 41.0 Å². The highest BCUT2D eigenvalue weighted by atomic mass is 33.1. The molecule has 0 saturated heterocycles. The largest absolute Gasteiger partial charge is 0.504 e. The van der Waals surface area contributed by atoms with E-state index < -0.39 is 0 Å². The van der Waals surface area contributed by atoms with Gasteiger partial charge in [-0.1, -0.05) is 59.2 Å². The quantitative estimate of drug-likeness (QED) is 0.293. The van der Waals surface area contributed by atoms with E-state index in [4.69, 9.17) is 10.5 Å². The van der Waals surface area contributed by atoms with Crippen LogP contribution in [0.25, 0.3) is 6.08 Å². The number of hydrogen-bond donors (Lipinski definition) is 3. The molecular weight excluding hydrogens is 480 g/mol. The maximum absolute atomic E-state index is 12.6. The normalized spacial score (nSPS) is 27.3. The lowest BCUT2D eigenvalue weighted by atomic mass is 9.84. The lowest BCUT2D eigenvalue weighted by molar-refractivity contribution is -0.124.